The van der Waals surface area contributed by atoms with Crippen LogP contribution in [0.25, 0.3) is 0 Å². The van der Waals surface area contributed by atoms with Crippen molar-refractivity contribution < 1.29 is 18.3 Å². The highest BCUT2D eigenvalue weighted by atomic mass is 32.2. The molecule has 1 aliphatic heterocycles. The number of thioether (sulfide) groups is 1. The summed E-state index contributed by atoms with van der Waals surface area (Å²) in [6.45, 7) is 1.71. The Hall–Kier alpha value is -2.12. The minimum atomic E-state index is -2.47. The van der Waals surface area contributed by atoms with E-state index in [1.165, 1.54) is 0 Å². The van der Waals surface area contributed by atoms with Gasteiger partial charge in [-0.25, -0.2) is 0 Å². The van der Waals surface area contributed by atoms with Crippen LogP contribution in [-0.2, 0) is 11.3 Å². The molecule has 3 rings (SSSR count). The van der Waals surface area contributed by atoms with Crippen molar-refractivity contribution in [3.05, 3.63) is 59.7 Å². The van der Waals surface area contributed by atoms with Gasteiger partial charge in [-0.15, -0.1) is 0 Å². The number of halogens is 2. The summed E-state index contributed by atoms with van der Waals surface area (Å²) < 4.78 is 30.8. The summed E-state index contributed by atoms with van der Waals surface area (Å²) in [5.74, 6) is -2.59. The summed E-state index contributed by atoms with van der Waals surface area (Å²) in [6, 6.07) is 14.5. The van der Waals surface area contributed by atoms with Gasteiger partial charge in [0.2, 0.25) is 0 Å². The van der Waals surface area contributed by atoms with E-state index < -0.39 is 5.76 Å². The standard InChI is InChI=1S/C22H26F2N2O2S/c1-25(2)18-9-5-16(6-10-18)14-26(15-19-4-3-13-28-19)21(27)17-7-11-20(12-8-17)29-22(23)24/h5-12,19,22H,3-4,13-15H2,1-2H3. The van der Waals surface area contributed by atoms with Crippen LogP contribution in [0.4, 0.5) is 14.5 Å². The highest BCUT2D eigenvalue weighted by Crippen LogP contribution is 2.26. The summed E-state index contributed by atoms with van der Waals surface area (Å²) in [5.41, 5.74) is 2.62. The molecule has 2 aromatic rings. The molecule has 29 heavy (non-hydrogen) atoms. The molecule has 0 aromatic heterocycles. The Kier molecular flexibility index (Phi) is 7.50. The summed E-state index contributed by atoms with van der Waals surface area (Å²) >= 11 is 0.477. The number of nitrogens with zero attached hydrogens (tertiary/aromatic N) is 2. The van der Waals surface area contributed by atoms with Gasteiger partial charge in [-0.05, 0) is 54.8 Å². The Morgan fingerprint density at radius 1 is 1.14 bits per heavy atom. The van der Waals surface area contributed by atoms with Crippen LogP contribution in [-0.4, -0.2) is 49.9 Å². The molecule has 1 heterocycles. The van der Waals surface area contributed by atoms with E-state index in [-0.39, 0.29) is 12.0 Å². The van der Waals surface area contributed by atoms with Crippen LogP contribution in [0.1, 0.15) is 28.8 Å². The summed E-state index contributed by atoms with van der Waals surface area (Å²) in [4.78, 5) is 17.4. The summed E-state index contributed by atoms with van der Waals surface area (Å²) in [5, 5.41) is 0. The number of anilines is 1. The number of carbonyl (C=O) groups is 1. The number of rotatable bonds is 8. The molecule has 1 unspecified atom stereocenters. The molecule has 7 heteroatoms. The highest BCUT2D eigenvalue weighted by Gasteiger charge is 2.24. The zero-order valence-corrected chi connectivity index (χ0v) is 17.5. The molecule has 1 fully saturated rings. The molecule has 1 atom stereocenters. The number of benzene rings is 2. The van der Waals surface area contributed by atoms with Crippen molar-refractivity contribution in [3.63, 3.8) is 0 Å². The molecule has 0 N–H and O–H groups in total. The van der Waals surface area contributed by atoms with Crippen LogP contribution in [0.2, 0.25) is 0 Å². The van der Waals surface area contributed by atoms with Crippen LogP contribution in [0.3, 0.4) is 0 Å². The van der Waals surface area contributed by atoms with Gasteiger partial charge in [-0.2, -0.15) is 8.78 Å². The average Bonchev–Trinajstić information content (AvgIpc) is 3.20. The fourth-order valence-corrected chi connectivity index (χ4v) is 3.83. The van der Waals surface area contributed by atoms with Gasteiger partial charge in [0.1, 0.15) is 0 Å². The second-order valence-corrected chi connectivity index (χ2v) is 8.35. The fraction of sp³-hybridized carbons (Fsp3) is 0.409. The quantitative estimate of drug-likeness (QED) is 0.570. The van der Waals surface area contributed by atoms with Crippen LogP contribution in [0.15, 0.2) is 53.4 Å². The minimum absolute atomic E-state index is 0.0358. The van der Waals surface area contributed by atoms with Crippen molar-refractivity contribution in [2.45, 2.75) is 36.1 Å². The van der Waals surface area contributed by atoms with Crippen molar-refractivity contribution in [2.24, 2.45) is 0 Å². The lowest BCUT2D eigenvalue weighted by Gasteiger charge is -2.26. The maximum Gasteiger partial charge on any atom is 0.288 e. The lowest BCUT2D eigenvalue weighted by molar-refractivity contribution is 0.0507. The van der Waals surface area contributed by atoms with Crippen LogP contribution in [0, 0.1) is 0 Å². The van der Waals surface area contributed by atoms with Gasteiger partial charge in [0.15, 0.2) is 0 Å². The zero-order valence-electron chi connectivity index (χ0n) is 16.7. The van der Waals surface area contributed by atoms with Gasteiger partial charge < -0.3 is 14.5 Å². The fourth-order valence-electron chi connectivity index (χ4n) is 3.33. The Balaban J connectivity index is 1.75. The molecular weight excluding hydrogens is 394 g/mol. The number of carbonyl (C=O) groups excluding carboxylic acids is 1. The predicted molar refractivity (Wildman–Crippen MR) is 113 cm³/mol. The third-order valence-electron chi connectivity index (χ3n) is 4.89. The third-order valence-corrected chi connectivity index (χ3v) is 5.61. The number of ether oxygens (including phenoxy) is 1. The SMILES string of the molecule is CN(C)c1ccc(CN(CC2CCCO2)C(=O)c2ccc(SC(F)F)cc2)cc1. The summed E-state index contributed by atoms with van der Waals surface area (Å²) in [7, 11) is 3.97. The van der Waals surface area contributed by atoms with E-state index in [4.69, 9.17) is 4.74 Å². The first-order valence-corrected chi connectivity index (χ1v) is 10.5. The van der Waals surface area contributed by atoms with Crippen molar-refractivity contribution in [2.75, 3.05) is 32.1 Å². The highest BCUT2D eigenvalue weighted by molar-refractivity contribution is 7.99. The van der Waals surface area contributed by atoms with Gasteiger partial charge in [0.05, 0.1) is 6.10 Å². The molecule has 2 aromatic carbocycles. The van der Waals surface area contributed by atoms with Crippen molar-refractivity contribution in [1.82, 2.24) is 4.90 Å². The Labute approximate surface area is 174 Å². The summed E-state index contributed by atoms with van der Waals surface area (Å²) in [6.07, 6.45) is 1.98. The normalized spacial score (nSPS) is 16.2. The lowest BCUT2D eigenvalue weighted by Crippen LogP contribution is -2.37. The first kappa shape index (κ1) is 21.6. The molecule has 1 aliphatic rings. The van der Waals surface area contributed by atoms with Gasteiger partial charge >= 0.3 is 0 Å². The molecule has 0 bridgehead atoms. The minimum Gasteiger partial charge on any atom is -0.378 e. The molecule has 0 saturated carbocycles. The molecule has 1 saturated heterocycles. The van der Waals surface area contributed by atoms with Crippen molar-refractivity contribution in [3.8, 4) is 0 Å². The Bertz CT molecular complexity index is 791. The number of hydrogen-bond acceptors (Lipinski definition) is 4. The predicted octanol–water partition coefficient (Wildman–Crippen LogP) is 4.89. The van der Waals surface area contributed by atoms with Gasteiger partial charge in [0, 0.05) is 49.9 Å². The van der Waals surface area contributed by atoms with Crippen LogP contribution >= 0.6 is 11.8 Å². The first-order valence-electron chi connectivity index (χ1n) is 9.64. The molecule has 0 radical (unpaired) electrons. The second kappa shape index (κ2) is 10.1. The second-order valence-electron chi connectivity index (χ2n) is 7.28. The average molecular weight is 421 g/mol. The monoisotopic (exact) mass is 420 g/mol. The topological polar surface area (TPSA) is 32.8 Å². The van der Waals surface area contributed by atoms with E-state index in [0.717, 1.165) is 30.7 Å². The molecule has 156 valence electrons. The molecule has 1 amide bonds. The maximum absolute atomic E-state index is 13.2. The van der Waals surface area contributed by atoms with Gasteiger partial charge in [-0.3, -0.25) is 4.79 Å². The number of amides is 1. The van der Waals surface area contributed by atoms with E-state index in [2.05, 4.69) is 0 Å². The molecular formula is C22H26F2N2O2S. The lowest BCUT2D eigenvalue weighted by atomic mass is 10.1. The van der Waals surface area contributed by atoms with Gasteiger partial charge in [0.25, 0.3) is 11.7 Å². The number of hydrogen-bond donors (Lipinski definition) is 0. The van der Waals surface area contributed by atoms with Crippen molar-refractivity contribution >= 4 is 23.4 Å². The molecule has 4 nitrogen and oxygen atoms in total. The molecule has 0 aliphatic carbocycles. The zero-order chi connectivity index (χ0) is 20.8. The number of alkyl halides is 2. The van der Waals surface area contributed by atoms with E-state index in [9.17, 15) is 13.6 Å². The van der Waals surface area contributed by atoms with E-state index in [1.807, 2.05) is 43.3 Å². The first-order chi connectivity index (χ1) is 13.9. The van der Waals surface area contributed by atoms with E-state index >= 15 is 0 Å². The Morgan fingerprint density at radius 3 is 2.38 bits per heavy atom. The smallest absolute Gasteiger partial charge is 0.288 e. The Morgan fingerprint density at radius 2 is 1.83 bits per heavy atom. The largest absolute Gasteiger partial charge is 0.378 e. The van der Waals surface area contributed by atoms with Crippen LogP contribution < -0.4 is 4.90 Å². The maximum atomic E-state index is 13.2. The van der Waals surface area contributed by atoms with Crippen LogP contribution in [0.5, 0.6) is 0 Å². The third kappa shape index (κ3) is 6.18. The molecule has 0 spiro atoms. The van der Waals surface area contributed by atoms with E-state index in [1.54, 1.807) is 29.2 Å². The van der Waals surface area contributed by atoms with E-state index in [0.29, 0.717) is 35.3 Å². The van der Waals surface area contributed by atoms with Gasteiger partial charge in [-0.1, -0.05) is 23.9 Å². The van der Waals surface area contributed by atoms with Crippen molar-refractivity contribution in [1.29, 1.82) is 0 Å².